The molecule has 0 aliphatic rings. The summed E-state index contributed by atoms with van der Waals surface area (Å²) in [5.74, 6) is 0. The van der Waals surface area contributed by atoms with E-state index < -0.39 is 17.3 Å². The molecular weight excluding hydrogens is 181 g/mol. The van der Waals surface area contributed by atoms with Crippen molar-refractivity contribution >= 4 is 0 Å². The molecule has 1 aromatic heterocycles. The monoisotopic (exact) mass is 192 g/mol. The van der Waals surface area contributed by atoms with Crippen molar-refractivity contribution in [1.29, 1.82) is 0 Å². The number of nitrogens with zero attached hydrogens (tertiary/aromatic N) is 2. The summed E-state index contributed by atoms with van der Waals surface area (Å²) in [5, 5.41) is 3.65. The van der Waals surface area contributed by atoms with Gasteiger partial charge in [-0.2, -0.15) is 18.3 Å². The van der Waals surface area contributed by atoms with Gasteiger partial charge in [-0.15, -0.1) is 0 Å². The fourth-order valence-electron chi connectivity index (χ4n) is 0.836. The zero-order valence-corrected chi connectivity index (χ0v) is 7.68. The Morgan fingerprint density at radius 1 is 1.23 bits per heavy atom. The van der Waals surface area contributed by atoms with Crippen LogP contribution in [0.1, 0.15) is 26.3 Å². The summed E-state index contributed by atoms with van der Waals surface area (Å²) in [6.07, 6.45) is -2.45. The van der Waals surface area contributed by atoms with Crippen molar-refractivity contribution < 1.29 is 13.2 Å². The number of alkyl halides is 3. The first-order valence-electron chi connectivity index (χ1n) is 3.83. The molecule has 1 heterocycles. The lowest BCUT2D eigenvalue weighted by molar-refractivity contribution is -0.137. The molecule has 13 heavy (non-hydrogen) atoms. The van der Waals surface area contributed by atoms with E-state index in [0.717, 1.165) is 12.4 Å². The molecule has 0 spiro atoms. The Kier molecular flexibility index (Phi) is 2.13. The Balaban J connectivity index is 3.01. The molecule has 2 nitrogen and oxygen atoms in total. The van der Waals surface area contributed by atoms with Crippen molar-refractivity contribution in [3.05, 3.63) is 18.0 Å². The van der Waals surface area contributed by atoms with Gasteiger partial charge in [0.15, 0.2) is 0 Å². The van der Waals surface area contributed by atoms with Gasteiger partial charge in [0.1, 0.15) is 0 Å². The second-order valence-electron chi connectivity index (χ2n) is 3.84. The molecule has 0 amide bonds. The van der Waals surface area contributed by atoms with E-state index >= 15 is 0 Å². The molecular formula is C8H11F3N2. The summed E-state index contributed by atoms with van der Waals surface area (Å²) in [7, 11) is 0. The number of hydrogen-bond donors (Lipinski definition) is 0. The molecule has 0 aliphatic heterocycles. The molecule has 1 rings (SSSR count). The smallest absolute Gasteiger partial charge is 0.267 e. The molecule has 0 aliphatic carbocycles. The maximum atomic E-state index is 12.1. The van der Waals surface area contributed by atoms with Crippen molar-refractivity contribution in [3.8, 4) is 0 Å². The van der Waals surface area contributed by atoms with E-state index in [0.29, 0.717) is 0 Å². The first-order valence-corrected chi connectivity index (χ1v) is 3.83. The molecule has 0 atom stereocenters. The molecule has 74 valence electrons. The third-order valence-electron chi connectivity index (χ3n) is 1.60. The third-order valence-corrected chi connectivity index (χ3v) is 1.60. The Hall–Kier alpha value is -1.00. The van der Waals surface area contributed by atoms with E-state index in [1.54, 1.807) is 20.8 Å². The summed E-state index contributed by atoms with van der Waals surface area (Å²) < 4.78 is 37.7. The topological polar surface area (TPSA) is 17.8 Å². The van der Waals surface area contributed by atoms with E-state index in [-0.39, 0.29) is 0 Å². The van der Waals surface area contributed by atoms with E-state index in [1.165, 1.54) is 4.68 Å². The summed E-state index contributed by atoms with van der Waals surface area (Å²) in [6.45, 7) is 5.38. The summed E-state index contributed by atoms with van der Waals surface area (Å²) >= 11 is 0. The van der Waals surface area contributed by atoms with Crippen LogP contribution >= 0.6 is 0 Å². The average Bonchev–Trinajstić information content (AvgIpc) is 2.28. The van der Waals surface area contributed by atoms with Crippen molar-refractivity contribution in [2.45, 2.75) is 32.5 Å². The zero-order chi connectivity index (χ0) is 10.3. The van der Waals surface area contributed by atoms with Crippen molar-refractivity contribution in [1.82, 2.24) is 9.78 Å². The first-order chi connectivity index (χ1) is 5.71. The molecule has 0 fully saturated rings. The van der Waals surface area contributed by atoms with Crippen molar-refractivity contribution in [2.75, 3.05) is 0 Å². The van der Waals surface area contributed by atoms with Crippen LogP contribution in [0.4, 0.5) is 13.2 Å². The normalized spacial score (nSPS) is 13.4. The number of hydrogen-bond acceptors (Lipinski definition) is 1. The minimum absolute atomic E-state index is 0.413. The van der Waals surface area contributed by atoms with Crippen LogP contribution < -0.4 is 0 Å². The second-order valence-corrected chi connectivity index (χ2v) is 3.84. The predicted octanol–water partition coefficient (Wildman–Crippen LogP) is 2.66. The van der Waals surface area contributed by atoms with Crippen LogP contribution in [0.25, 0.3) is 0 Å². The van der Waals surface area contributed by atoms with Gasteiger partial charge in [0.25, 0.3) is 0 Å². The third kappa shape index (κ3) is 2.23. The van der Waals surface area contributed by atoms with Gasteiger partial charge in [0, 0.05) is 6.20 Å². The lowest BCUT2D eigenvalue weighted by Crippen LogP contribution is -2.22. The van der Waals surface area contributed by atoms with Gasteiger partial charge in [-0.3, -0.25) is 4.68 Å². The van der Waals surface area contributed by atoms with E-state index in [9.17, 15) is 13.2 Å². The molecule has 0 unspecified atom stereocenters. The van der Waals surface area contributed by atoms with Gasteiger partial charge in [-0.1, -0.05) is 0 Å². The Bertz CT molecular complexity index is 265. The van der Waals surface area contributed by atoms with E-state index in [2.05, 4.69) is 5.10 Å². The fraction of sp³-hybridized carbons (Fsp3) is 0.625. The van der Waals surface area contributed by atoms with Gasteiger partial charge < -0.3 is 0 Å². The summed E-state index contributed by atoms with van der Waals surface area (Å²) in [5.41, 5.74) is -1.12. The highest BCUT2D eigenvalue weighted by atomic mass is 19.4. The minimum atomic E-state index is -4.30. The highest BCUT2D eigenvalue weighted by Gasteiger charge is 2.33. The van der Waals surface area contributed by atoms with Crippen LogP contribution in [-0.4, -0.2) is 9.78 Å². The molecule has 0 aromatic carbocycles. The lowest BCUT2D eigenvalue weighted by atomic mass is 10.1. The molecule has 1 aromatic rings. The molecule has 5 heteroatoms. The van der Waals surface area contributed by atoms with Gasteiger partial charge >= 0.3 is 6.18 Å². The Morgan fingerprint density at radius 2 is 1.77 bits per heavy atom. The molecule has 0 bridgehead atoms. The van der Waals surface area contributed by atoms with Crippen LogP contribution in [0.3, 0.4) is 0 Å². The van der Waals surface area contributed by atoms with Gasteiger partial charge in [-0.05, 0) is 20.8 Å². The minimum Gasteiger partial charge on any atom is -0.267 e. The Morgan fingerprint density at radius 3 is 2.00 bits per heavy atom. The SMILES string of the molecule is CC(C)(C)n1cc(C(F)(F)F)cn1. The van der Waals surface area contributed by atoms with Crippen LogP contribution in [0, 0.1) is 0 Å². The number of halogens is 3. The molecule has 0 radical (unpaired) electrons. The second kappa shape index (κ2) is 2.75. The standard InChI is InChI=1S/C8H11F3N2/c1-7(2,3)13-5-6(4-12-13)8(9,10)11/h4-5H,1-3H3. The summed E-state index contributed by atoms with van der Waals surface area (Å²) in [6, 6.07) is 0. The highest BCUT2D eigenvalue weighted by molar-refractivity contribution is 5.09. The largest absolute Gasteiger partial charge is 0.419 e. The van der Waals surface area contributed by atoms with Gasteiger partial charge in [-0.25, -0.2) is 0 Å². The summed E-state index contributed by atoms with van der Waals surface area (Å²) in [4.78, 5) is 0. The molecule has 0 N–H and O–H groups in total. The Labute approximate surface area is 74.4 Å². The lowest BCUT2D eigenvalue weighted by Gasteiger charge is -2.18. The first kappa shape index (κ1) is 10.1. The molecule has 0 saturated carbocycles. The molecule has 0 saturated heterocycles. The predicted molar refractivity (Wildman–Crippen MR) is 42.2 cm³/mol. The highest BCUT2D eigenvalue weighted by Crippen LogP contribution is 2.29. The van der Waals surface area contributed by atoms with Crippen molar-refractivity contribution in [2.24, 2.45) is 0 Å². The van der Waals surface area contributed by atoms with Gasteiger partial charge in [0.2, 0.25) is 0 Å². The van der Waals surface area contributed by atoms with Gasteiger partial charge in [0.05, 0.1) is 17.3 Å². The zero-order valence-electron chi connectivity index (χ0n) is 7.68. The van der Waals surface area contributed by atoms with Crippen LogP contribution in [0.5, 0.6) is 0 Å². The maximum Gasteiger partial charge on any atom is 0.419 e. The van der Waals surface area contributed by atoms with Crippen LogP contribution in [0.2, 0.25) is 0 Å². The number of aromatic nitrogens is 2. The van der Waals surface area contributed by atoms with Crippen LogP contribution in [0.15, 0.2) is 12.4 Å². The van der Waals surface area contributed by atoms with Crippen molar-refractivity contribution in [3.63, 3.8) is 0 Å². The number of rotatable bonds is 0. The quantitative estimate of drug-likeness (QED) is 0.617. The van der Waals surface area contributed by atoms with E-state index in [4.69, 9.17) is 0 Å². The fourth-order valence-corrected chi connectivity index (χ4v) is 0.836. The average molecular weight is 192 g/mol. The van der Waals surface area contributed by atoms with E-state index in [1.807, 2.05) is 0 Å². The van der Waals surface area contributed by atoms with Crippen LogP contribution in [-0.2, 0) is 11.7 Å². The maximum absolute atomic E-state index is 12.1.